The van der Waals surface area contributed by atoms with E-state index in [-0.39, 0.29) is 11.7 Å². The van der Waals surface area contributed by atoms with E-state index in [2.05, 4.69) is 0 Å². The maximum atomic E-state index is 11.7. The number of esters is 1. The van der Waals surface area contributed by atoms with Crippen LogP contribution in [0.3, 0.4) is 0 Å². The highest BCUT2D eigenvalue weighted by molar-refractivity contribution is 5.97. The van der Waals surface area contributed by atoms with Gasteiger partial charge in [0, 0.05) is 0 Å². The van der Waals surface area contributed by atoms with Gasteiger partial charge in [0.25, 0.3) is 0 Å². The fraction of sp³-hybridized carbons (Fsp3) is 0.412. The second-order valence-electron chi connectivity index (χ2n) is 4.89. The van der Waals surface area contributed by atoms with Gasteiger partial charge in [-0.05, 0) is 44.0 Å². The molecule has 0 heterocycles. The molecule has 0 unspecified atom stereocenters. The topological polar surface area (TPSA) is 59.3 Å². The van der Waals surface area contributed by atoms with E-state index < -0.39 is 5.97 Å². The van der Waals surface area contributed by atoms with Crippen LogP contribution in [-0.4, -0.2) is 18.7 Å². The van der Waals surface area contributed by atoms with Crippen molar-refractivity contribution in [1.82, 2.24) is 0 Å². The van der Waals surface area contributed by atoms with Crippen LogP contribution in [0, 0.1) is 11.3 Å². The zero-order valence-corrected chi connectivity index (χ0v) is 12.8. The summed E-state index contributed by atoms with van der Waals surface area (Å²) < 4.78 is 10.6. The summed E-state index contributed by atoms with van der Waals surface area (Å²) in [6.45, 7) is 6.26. The first kappa shape index (κ1) is 16.8. The minimum absolute atomic E-state index is 0.00336. The molecule has 0 aliphatic rings. The predicted molar refractivity (Wildman–Crippen MR) is 81.7 cm³/mol. The average molecular weight is 287 g/mol. The third-order valence-corrected chi connectivity index (χ3v) is 2.63. The normalized spacial score (nSPS) is 11.1. The van der Waals surface area contributed by atoms with E-state index in [1.165, 1.54) is 6.08 Å². The molecule has 0 saturated heterocycles. The summed E-state index contributed by atoms with van der Waals surface area (Å²) in [6, 6.07) is 9.10. The van der Waals surface area contributed by atoms with Gasteiger partial charge in [-0.25, -0.2) is 4.79 Å². The molecular weight excluding hydrogens is 266 g/mol. The second-order valence-corrected chi connectivity index (χ2v) is 4.89. The number of hydrogen-bond acceptors (Lipinski definition) is 4. The van der Waals surface area contributed by atoms with Crippen LogP contribution in [0.4, 0.5) is 0 Å². The van der Waals surface area contributed by atoms with E-state index >= 15 is 0 Å². The van der Waals surface area contributed by atoms with Crippen LogP contribution in [0.25, 0.3) is 6.08 Å². The number of unbranched alkanes of at least 4 members (excludes halogenated alkanes) is 1. The summed E-state index contributed by atoms with van der Waals surface area (Å²) in [5.41, 5.74) is 0.763. The minimum atomic E-state index is -0.576. The van der Waals surface area contributed by atoms with Gasteiger partial charge in [0.15, 0.2) is 0 Å². The summed E-state index contributed by atoms with van der Waals surface area (Å²) in [5.74, 6) is 0.180. The first-order chi connectivity index (χ1) is 10.1. The van der Waals surface area contributed by atoms with Crippen molar-refractivity contribution in [3.8, 4) is 11.8 Å². The monoisotopic (exact) mass is 287 g/mol. The number of carbonyl (C=O) groups excluding carboxylic acids is 1. The lowest BCUT2D eigenvalue weighted by Gasteiger charge is -2.09. The van der Waals surface area contributed by atoms with Crippen LogP contribution in [-0.2, 0) is 9.53 Å². The molecule has 0 aliphatic heterocycles. The Morgan fingerprint density at radius 1 is 1.33 bits per heavy atom. The number of ether oxygens (including phenoxy) is 2. The molecule has 0 fully saturated rings. The van der Waals surface area contributed by atoms with Gasteiger partial charge in [0.1, 0.15) is 17.4 Å². The zero-order valence-electron chi connectivity index (χ0n) is 12.8. The third-order valence-electron chi connectivity index (χ3n) is 2.63. The van der Waals surface area contributed by atoms with Crippen molar-refractivity contribution in [3.63, 3.8) is 0 Å². The van der Waals surface area contributed by atoms with E-state index in [9.17, 15) is 4.79 Å². The molecule has 0 aromatic heterocycles. The molecule has 0 saturated carbocycles. The highest BCUT2D eigenvalue weighted by Gasteiger charge is 2.10. The molecule has 1 aromatic carbocycles. The van der Waals surface area contributed by atoms with Gasteiger partial charge in [-0.1, -0.05) is 25.5 Å². The Labute approximate surface area is 126 Å². The van der Waals surface area contributed by atoms with Crippen LogP contribution >= 0.6 is 0 Å². The van der Waals surface area contributed by atoms with Crippen LogP contribution in [0.2, 0.25) is 0 Å². The fourth-order valence-electron chi connectivity index (χ4n) is 1.61. The number of nitrogens with zero attached hydrogens (tertiary/aromatic N) is 1. The molecule has 0 bridgehead atoms. The third kappa shape index (κ3) is 6.13. The Bertz CT molecular complexity index is 524. The maximum absolute atomic E-state index is 11.7. The highest BCUT2D eigenvalue weighted by atomic mass is 16.5. The minimum Gasteiger partial charge on any atom is -0.491 e. The number of benzene rings is 1. The average Bonchev–Trinajstić information content (AvgIpc) is 2.46. The Kier molecular flexibility index (Phi) is 7.03. The number of nitriles is 1. The van der Waals surface area contributed by atoms with Gasteiger partial charge in [0.05, 0.1) is 12.7 Å². The van der Waals surface area contributed by atoms with Gasteiger partial charge in [-0.15, -0.1) is 0 Å². The molecule has 4 nitrogen and oxygen atoms in total. The van der Waals surface area contributed by atoms with E-state index in [1.54, 1.807) is 12.1 Å². The standard InChI is InChI=1S/C17H21NO3/c1-4-5-10-20-17(19)15(12-18)11-14-6-8-16(9-7-14)21-13(2)3/h6-9,11,13H,4-5,10H2,1-3H3/b15-11-. The Morgan fingerprint density at radius 3 is 2.52 bits per heavy atom. The number of hydrogen-bond donors (Lipinski definition) is 0. The molecule has 0 spiro atoms. The first-order valence-corrected chi connectivity index (χ1v) is 7.12. The van der Waals surface area contributed by atoms with Crippen molar-refractivity contribution in [2.75, 3.05) is 6.61 Å². The number of rotatable bonds is 7. The largest absolute Gasteiger partial charge is 0.491 e. The molecule has 1 rings (SSSR count). The Balaban J connectivity index is 2.74. The Hall–Kier alpha value is -2.28. The molecule has 112 valence electrons. The molecule has 21 heavy (non-hydrogen) atoms. The van der Waals surface area contributed by atoms with Gasteiger partial charge in [0.2, 0.25) is 0 Å². The zero-order chi connectivity index (χ0) is 15.7. The summed E-state index contributed by atoms with van der Waals surface area (Å²) in [4.78, 5) is 11.7. The van der Waals surface area contributed by atoms with Crippen LogP contribution in [0.1, 0.15) is 39.2 Å². The highest BCUT2D eigenvalue weighted by Crippen LogP contribution is 2.16. The first-order valence-electron chi connectivity index (χ1n) is 7.12. The van der Waals surface area contributed by atoms with Gasteiger partial charge in [-0.3, -0.25) is 0 Å². The van der Waals surface area contributed by atoms with E-state index in [4.69, 9.17) is 14.7 Å². The van der Waals surface area contributed by atoms with Crippen LogP contribution < -0.4 is 4.74 Å². The van der Waals surface area contributed by atoms with Crippen molar-refractivity contribution in [1.29, 1.82) is 5.26 Å². The van der Waals surface area contributed by atoms with Crippen molar-refractivity contribution in [2.24, 2.45) is 0 Å². The van der Waals surface area contributed by atoms with E-state index in [1.807, 2.05) is 39.0 Å². The lowest BCUT2D eigenvalue weighted by Crippen LogP contribution is -2.07. The van der Waals surface area contributed by atoms with Gasteiger partial charge in [-0.2, -0.15) is 5.26 Å². The molecule has 0 amide bonds. The molecule has 0 N–H and O–H groups in total. The lowest BCUT2D eigenvalue weighted by atomic mass is 10.1. The summed E-state index contributed by atoms with van der Waals surface area (Å²) in [7, 11) is 0. The maximum Gasteiger partial charge on any atom is 0.348 e. The predicted octanol–water partition coefficient (Wildman–Crippen LogP) is 3.72. The Morgan fingerprint density at radius 2 is 2.00 bits per heavy atom. The van der Waals surface area contributed by atoms with Crippen LogP contribution in [0.15, 0.2) is 29.8 Å². The van der Waals surface area contributed by atoms with Crippen molar-refractivity contribution in [3.05, 3.63) is 35.4 Å². The van der Waals surface area contributed by atoms with Crippen LogP contribution in [0.5, 0.6) is 5.75 Å². The SMILES string of the molecule is CCCCOC(=O)/C(C#N)=C\c1ccc(OC(C)C)cc1. The van der Waals surface area contributed by atoms with E-state index in [0.717, 1.165) is 24.2 Å². The second kappa shape index (κ2) is 8.80. The van der Waals surface area contributed by atoms with Crippen molar-refractivity contribution in [2.45, 2.75) is 39.7 Å². The van der Waals surface area contributed by atoms with Gasteiger partial charge >= 0.3 is 5.97 Å². The lowest BCUT2D eigenvalue weighted by molar-refractivity contribution is -0.138. The summed E-state index contributed by atoms with van der Waals surface area (Å²) in [5, 5.41) is 9.04. The fourth-order valence-corrected chi connectivity index (χ4v) is 1.61. The summed E-state index contributed by atoms with van der Waals surface area (Å²) in [6.07, 6.45) is 3.37. The number of carbonyl (C=O) groups is 1. The van der Waals surface area contributed by atoms with Gasteiger partial charge < -0.3 is 9.47 Å². The molecular formula is C17H21NO3. The molecule has 1 aromatic rings. The van der Waals surface area contributed by atoms with Crippen molar-refractivity contribution >= 4 is 12.0 Å². The van der Waals surface area contributed by atoms with E-state index in [0.29, 0.717) is 6.61 Å². The molecule has 0 radical (unpaired) electrons. The smallest absolute Gasteiger partial charge is 0.348 e. The van der Waals surface area contributed by atoms with Crippen molar-refractivity contribution < 1.29 is 14.3 Å². The molecule has 4 heteroatoms. The molecule has 0 aliphatic carbocycles. The molecule has 0 atom stereocenters. The quantitative estimate of drug-likeness (QED) is 0.332. The summed E-state index contributed by atoms with van der Waals surface area (Å²) >= 11 is 0.